The second-order valence-corrected chi connectivity index (χ2v) is 2.72. The summed E-state index contributed by atoms with van der Waals surface area (Å²) >= 11 is 0. The first-order valence-corrected chi connectivity index (χ1v) is 3.57. The van der Waals surface area contributed by atoms with Gasteiger partial charge in [0.1, 0.15) is 18.3 Å². The molecule has 1 aliphatic rings. The third kappa shape index (κ3) is 1.50. The van der Waals surface area contributed by atoms with Crippen LogP contribution in [0.15, 0.2) is 12.2 Å². The third-order valence-electron chi connectivity index (χ3n) is 1.84. The van der Waals surface area contributed by atoms with E-state index in [1.807, 2.05) is 0 Å². The first-order valence-electron chi connectivity index (χ1n) is 3.57. The van der Waals surface area contributed by atoms with Crippen LogP contribution < -0.4 is 0 Å². The van der Waals surface area contributed by atoms with E-state index in [2.05, 4.69) is 6.58 Å². The molecule has 1 rings (SSSR count). The molecule has 1 fully saturated rings. The minimum Gasteiger partial charge on any atom is -0.394 e. The van der Waals surface area contributed by atoms with Gasteiger partial charge < -0.3 is 25.2 Å². The predicted molar refractivity (Wildman–Crippen MR) is 39.1 cm³/mol. The molecule has 0 aromatic rings. The van der Waals surface area contributed by atoms with Crippen molar-refractivity contribution < 1.29 is 25.2 Å². The van der Waals surface area contributed by atoms with Crippen LogP contribution in [-0.2, 0) is 4.74 Å². The number of ether oxygens (including phenoxy) is 1. The lowest BCUT2D eigenvalue weighted by Gasteiger charge is -2.15. The molecule has 1 heterocycles. The van der Waals surface area contributed by atoms with Gasteiger partial charge in [0.2, 0.25) is 0 Å². The fourth-order valence-electron chi connectivity index (χ4n) is 1.10. The molecule has 5 heteroatoms. The Morgan fingerprint density at radius 1 is 1.50 bits per heavy atom. The molecule has 4 N–H and O–H groups in total. The lowest BCUT2D eigenvalue weighted by Crippen LogP contribution is -2.30. The number of aliphatic hydroxyl groups is 4. The molecule has 70 valence electrons. The molecule has 1 unspecified atom stereocenters. The highest BCUT2D eigenvalue weighted by molar-refractivity contribution is 5.16. The number of rotatable bonds is 2. The zero-order valence-corrected chi connectivity index (χ0v) is 6.42. The van der Waals surface area contributed by atoms with Crippen LogP contribution in [0.5, 0.6) is 0 Å². The van der Waals surface area contributed by atoms with E-state index in [0.29, 0.717) is 0 Å². The smallest absolute Gasteiger partial charge is 0.185 e. The van der Waals surface area contributed by atoms with Gasteiger partial charge in [0.25, 0.3) is 0 Å². The highest BCUT2D eigenvalue weighted by Crippen LogP contribution is 2.25. The van der Waals surface area contributed by atoms with Crippen LogP contribution in [0.4, 0.5) is 0 Å². The lowest BCUT2D eigenvalue weighted by molar-refractivity contribution is -0.148. The Labute approximate surface area is 69.5 Å². The Bertz CT molecular complexity index is 181. The Morgan fingerprint density at radius 3 is 2.42 bits per heavy atom. The van der Waals surface area contributed by atoms with Crippen LogP contribution in [0.25, 0.3) is 0 Å². The van der Waals surface area contributed by atoms with Crippen molar-refractivity contribution in [2.45, 2.75) is 24.6 Å². The minimum atomic E-state index is -1.36. The van der Waals surface area contributed by atoms with E-state index in [0.717, 1.165) is 0 Å². The maximum atomic E-state index is 9.11. The maximum Gasteiger partial charge on any atom is 0.185 e. The van der Waals surface area contributed by atoms with E-state index in [1.54, 1.807) is 0 Å². The largest absolute Gasteiger partial charge is 0.394 e. The number of hydrogen-bond acceptors (Lipinski definition) is 5. The van der Waals surface area contributed by atoms with Crippen molar-refractivity contribution >= 4 is 0 Å². The van der Waals surface area contributed by atoms with Gasteiger partial charge >= 0.3 is 0 Å². The van der Waals surface area contributed by atoms with E-state index >= 15 is 0 Å². The van der Waals surface area contributed by atoms with Gasteiger partial charge in [-0.25, -0.2) is 0 Å². The van der Waals surface area contributed by atoms with Crippen molar-refractivity contribution in [3.8, 4) is 0 Å². The SMILES string of the molecule is C=C1[C@@H](O)C(O)O[C@@H]1[C@H](O)CO. The van der Waals surface area contributed by atoms with Gasteiger partial charge in [-0.15, -0.1) is 0 Å². The van der Waals surface area contributed by atoms with Gasteiger partial charge in [0.05, 0.1) is 6.61 Å². The van der Waals surface area contributed by atoms with Crippen molar-refractivity contribution in [3.05, 3.63) is 12.2 Å². The van der Waals surface area contributed by atoms with Crippen LogP contribution in [0.1, 0.15) is 0 Å². The predicted octanol–water partition coefficient (Wildman–Crippen LogP) is -2.03. The minimum absolute atomic E-state index is 0.184. The van der Waals surface area contributed by atoms with Crippen molar-refractivity contribution in [3.63, 3.8) is 0 Å². The van der Waals surface area contributed by atoms with Crippen molar-refractivity contribution in [1.29, 1.82) is 0 Å². The van der Waals surface area contributed by atoms with Gasteiger partial charge in [0, 0.05) is 0 Å². The summed E-state index contributed by atoms with van der Waals surface area (Å²) in [5, 5.41) is 35.7. The summed E-state index contributed by atoms with van der Waals surface area (Å²) in [7, 11) is 0. The van der Waals surface area contributed by atoms with Crippen LogP contribution in [0.3, 0.4) is 0 Å². The Morgan fingerprint density at radius 2 is 2.08 bits per heavy atom. The molecule has 0 aromatic heterocycles. The Hall–Kier alpha value is -0.460. The topological polar surface area (TPSA) is 90.2 Å². The normalized spacial score (nSPS) is 38.7. The molecule has 0 bridgehead atoms. The molecule has 0 aliphatic carbocycles. The summed E-state index contributed by atoms with van der Waals surface area (Å²) in [5.41, 5.74) is 0.184. The summed E-state index contributed by atoms with van der Waals surface area (Å²) in [6.45, 7) is 2.93. The molecule has 1 saturated heterocycles. The number of hydrogen-bond donors (Lipinski definition) is 4. The Kier molecular flexibility index (Phi) is 2.81. The lowest BCUT2D eigenvalue weighted by atomic mass is 10.0. The molecule has 0 aromatic carbocycles. The summed E-state index contributed by atoms with van der Waals surface area (Å²) < 4.78 is 4.73. The molecule has 0 radical (unpaired) electrons. The first-order chi connectivity index (χ1) is 5.57. The van der Waals surface area contributed by atoms with E-state index in [4.69, 9.17) is 25.2 Å². The van der Waals surface area contributed by atoms with Crippen LogP contribution in [0.2, 0.25) is 0 Å². The molecular weight excluding hydrogens is 164 g/mol. The zero-order chi connectivity index (χ0) is 9.30. The van der Waals surface area contributed by atoms with Crippen LogP contribution in [-0.4, -0.2) is 51.6 Å². The fourth-order valence-corrected chi connectivity index (χ4v) is 1.10. The molecular formula is C7H12O5. The average molecular weight is 176 g/mol. The highest BCUT2D eigenvalue weighted by atomic mass is 16.6. The molecule has 0 saturated carbocycles. The van der Waals surface area contributed by atoms with E-state index in [1.165, 1.54) is 0 Å². The molecule has 4 atom stereocenters. The second-order valence-electron chi connectivity index (χ2n) is 2.72. The van der Waals surface area contributed by atoms with Gasteiger partial charge in [0.15, 0.2) is 6.29 Å². The molecule has 1 aliphatic heterocycles. The number of aliphatic hydroxyl groups excluding tert-OH is 4. The quantitative estimate of drug-likeness (QED) is 0.364. The monoisotopic (exact) mass is 176 g/mol. The summed E-state index contributed by atoms with van der Waals surface area (Å²) in [6.07, 6.45) is -4.58. The van der Waals surface area contributed by atoms with E-state index in [-0.39, 0.29) is 5.57 Å². The van der Waals surface area contributed by atoms with E-state index in [9.17, 15) is 0 Å². The first kappa shape index (κ1) is 9.63. The molecule has 0 amide bonds. The van der Waals surface area contributed by atoms with Crippen molar-refractivity contribution in [1.82, 2.24) is 0 Å². The van der Waals surface area contributed by atoms with Crippen molar-refractivity contribution in [2.24, 2.45) is 0 Å². The molecule has 0 spiro atoms. The van der Waals surface area contributed by atoms with Gasteiger partial charge in [-0.1, -0.05) is 6.58 Å². The zero-order valence-electron chi connectivity index (χ0n) is 6.42. The van der Waals surface area contributed by atoms with Crippen LogP contribution in [0, 0.1) is 0 Å². The Balaban J connectivity index is 2.64. The maximum absolute atomic E-state index is 9.11. The average Bonchev–Trinajstić information content (AvgIpc) is 2.32. The molecule has 5 nitrogen and oxygen atoms in total. The van der Waals surface area contributed by atoms with Gasteiger partial charge in [-0.2, -0.15) is 0 Å². The van der Waals surface area contributed by atoms with Crippen molar-refractivity contribution in [2.75, 3.05) is 6.61 Å². The fraction of sp³-hybridized carbons (Fsp3) is 0.714. The van der Waals surface area contributed by atoms with Crippen LogP contribution >= 0.6 is 0 Å². The summed E-state index contributed by atoms with van der Waals surface area (Å²) in [4.78, 5) is 0. The highest BCUT2D eigenvalue weighted by Gasteiger charge is 2.39. The third-order valence-corrected chi connectivity index (χ3v) is 1.84. The summed E-state index contributed by atoms with van der Waals surface area (Å²) in [5.74, 6) is 0. The van der Waals surface area contributed by atoms with Gasteiger partial charge in [-0.05, 0) is 5.57 Å². The summed E-state index contributed by atoms with van der Waals surface area (Å²) in [6, 6.07) is 0. The molecule has 12 heavy (non-hydrogen) atoms. The van der Waals surface area contributed by atoms with Gasteiger partial charge in [-0.3, -0.25) is 0 Å². The standard InChI is InChI=1S/C7H12O5/c1-3-5(10)7(11)12-6(3)4(9)2-8/h4-11H,1-2H2/t4-,5-,6+,7?/m1/s1. The van der Waals surface area contributed by atoms with E-state index < -0.39 is 31.2 Å². The second kappa shape index (κ2) is 3.51.